The Labute approximate surface area is 375 Å². The van der Waals surface area contributed by atoms with E-state index in [1.807, 2.05) is 0 Å². The maximum atomic E-state index is 2.46. The average Bonchev–Trinajstić information content (AvgIpc) is 3.85. The SMILES string of the molecule is CC1C=C(c2ccc(N(c3ccc(-c4ccc5c(c4)c4ccccc4n5-c4ccccc4)cc3)c3ccc4c(c3)C(c3ccccc3)(c3ccccc3)c3ccccc3-4)cc2)C=CC1. The van der Waals surface area contributed by atoms with Crippen LogP contribution in [-0.2, 0) is 5.41 Å². The third-order valence-electron chi connectivity index (χ3n) is 13.6. The summed E-state index contributed by atoms with van der Waals surface area (Å²) >= 11 is 0. The van der Waals surface area contributed by atoms with Crippen molar-refractivity contribution < 1.29 is 0 Å². The van der Waals surface area contributed by atoms with Gasteiger partial charge in [-0.05, 0) is 135 Å². The lowest BCUT2D eigenvalue weighted by atomic mass is 9.67. The fourth-order valence-corrected chi connectivity index (χ4v) is 10.7. The first kappa shape index (κ1) is 37.8. The van der Waals surface area contributed by atoms with Crippen LogP contribution in [0.2, 0.25) is 0 Å². The Balaban J connectivity index is 1.01. The lowest BCUT2D eigenvalue weighted by Crippen LogP contribution is -2.28. The molecule has 64 heavy (non-hydrogen) atoms. The molecule has 1 atom stereocenters. The smallest absolute Gasteiger partial charge is 0.0714 e. The standard InChI is InChI=1S/C62H46N2/c1-43-16-15-17-46(40-43)44-28-33-51(34-29-44)63(52-35-30-45(31-36-52)47-32-39-61-57(41-47)56-25-12-14-27-60(56)64(61)50-22-9-4-10-23-50)53-37-38-55-54-24-11-13-26-58(54)62(59(55)42-53,48-18-5-2-6-19-48)49-20-7-3-8-21-49/h2-15,17-43H,16H2,1H3. The second-order valence-corrected chi connectivity index (χ2v) is 17.3. The predicted octanol–water partition coefficient (Wildman–Crippen LogP) is 16.3. The van der Waals surface area contributed by atoms with Gasteiger partial charge in [-0.3, -0.25) is 0 Å². The Kier molecular flexibility index (Phi) is 9.12. The number of rotatable bonds is 8. The van der Waals surface area contributed by atoms with Crippen molar-refractivity contribution >= 4 is 44.4 Å². The molecule has 0 amide bonds. The summed E-state index contributed by atoms with van der Waals surface area (Å²) in [6.45, 7) is 2.29. The topological polar surface area (TPSA) is 8.17 Å². The summed E-state index contributed by atoms with van der Waals surface area (Å²) < 4.78 is 2.38. The quantitative estimate of drug-likeness (QED) is 0.148. The van der Waals surface area contributed by atoms with E-state index in [1.165, 1.54) is 83.1 Å². The number of fused-ring (bicyclic) bond motifs is 6. The first-order chi connectivity index (χ1) is 31.6. The monoisotopic (exact) mass is 818 g/mol. The van der Waals surface area contributed by atoms with E-state index in [0.29, 0.717) is 5.92 Å². The van der Waals surface area contributed by atoms with Crippen LogP contribution in [0.4, 0.5) is 17.1 Å². The molecule has 2 aliphatic rings. The Morgan fingerprint density at radius 3 is 1.72 bits per heavy atom. The van der Waals surface area contributed by atoms with E-state index in [-0.39, 0.29) is 0 Å². The minimum atomic E-state index is -0.497. The molecule has 0 saturated carbocycles. The number of aromatic nitrogens is 1. The van der Waals surface area contributed by atoms with Crippen LogP contribution in [0.15, 0.2) is 243 Å². The lowest BCUT2D eigenvalue weighted by molar-refractivity contribution is 0.740. The Morgan fingerprint density at radius 2 is 1.02 bits per heavy atom. The number of benzene rings is 9. The van der Waals surface area contributed by atoms with Gasteiger partial charge in [-0.15, -0.1) is 0 Å². The Bertz CT molecular complexity index is 3350. The molecule has 12 rings (SSSR count). The Hall–Kier alpha value is -7.94. The van der Waals surface area contributed by atoms with Gasteiger partial charge in [0.25, 0.3) is 0 Å². The number of allylic oxidation sites excluding steroid dienone is 4. The molecule has 1 unspecified atom stereocenters. The van der Waals surface area contributed by atoms with Crippen molar-refractivity contribution in [2.75, 3.05) is 4.90 Å². The first-order valence-corrected chi connectivity index (χ1v) is 22.5. The number of nitrogens with zero attached hydrogens (tertiary/aromatic N) is 2. The molecule has 1 aromatic heterocycles. The zero-order chi connectivity index (χ0) is 42.6. The largest absolute Gasteiger partial charge is 0.310 e. The van der Waals surface area contributed by atoms with Gasteiger partial charge in [-0.25, -0.2) is 0 Å². The number of hydrogen-bond donors (Lipinski definition) is 0. The molecule has 9 aromatic carbocycles. The maximum absolute atomic E-state index is 2.46. The van der Waals surface area contributed by atoms with E-state index in [0.717, 1.165) is 23.5 Å². The summed E-state index contributed by atoms with van der Waals surface area (Å²) in [5.41, 5.74) is 19.0. The lowest BCUT2D eigenvalue weighted by Gasteiger charge is -2.35. The maximum Gasteiger partial charge on any atom is 0.0714 e. The van der Waals surface area contributed by atoms with Gasteiger partial charge in [0.1, 0.15) is 0 Å². The van der Waals surface area contributed by atoms with E-state index in [4.69, 9.17) is 0 Å². The van der Waals surface area contributed by atoms with E-state index < -0.39 is 5.41 Å². The average molecular weight is 819 g/mol. The van der Waals surface area contributed by atoms with E-state index in [9.17, 15) is 0 Å². The molecule has 0 fully saturated rings. The van der Waals surface area contributed by atoms with E-state index in [1.54, 1.807) is 0 Å². The molecule has 2 heteroatoms. The molecular formula is C62H46N2. The number of hydrogen-bond acceptors (Lipinski definition) is 1. The minimum Gasteiger partial charge on any atom is -0.310 e. The third kappa shape index (κ3) is 6.09. The van der Waals surface area contributed by atoms with Crippen molar-refractivity contribution in [3.05, 3.63) is 271 Å². The summed E-state index contributed by atoms with van der Waals surface area (Å²) in [5.74, 6) is 0.530. The summed E-state index contributed by atoms with van der Waals surface area (Å²) in [7, 11) is 0. The third-order valence-corrected chi connectivity index (χ3v) is 13.6. The van der Waals surface area contributed by atoms with Crippen molar-refractivity contribution in [2.45, 2.75) is 18.8 Å². The molecule has 304 valence electrons. The molecule has 0 bridgehead atoms. The highest BCUT2D eigenvalue weighted by Gasteiger charge is 2.46. The highest BCUT2D eigenvalue weighted by atomic mass is 15.1. The van der Waals surface area contributed by atoms with E-state index >= 15 is 0 Å². The second kappa shape index (κ2) is 15.4. The zero-order valence-electron chi connectivity index (χ0n) is 35.8. The highest BCUT2D eigenvalue weighted by molar-refractivity contribution is 6.10. The fourth-order valence-electron chi connectivity index (χ4n) is 10.7. The van der Waals surface area contributed by atoms with Gasteiger partial charge in [-0.1, -0.05) is 183 Å². The van der Waals surface area contributed by atoms with Crippen molar-refractivity contribution in [3.63, 3.8) is 0 Å². The zero-order valence-corrected chi connectivity index (χ0v) is 35.8. The molecule has 1 heterocycles. The van der Waals surface area contributed by atoms with Gasteiger partial charge in [-0.2, -0.15) is 0 Å². The molecular weight excluding hydrogens is 773 g/mol. The van der Waals surface area contributed by atoms with Crippen LogP contribution in [0.1, 0.15) is 41.2 Å². The van der Waals surface area contributed by atoms with Crippen LogP contribution < -0.4 is 4.90 Å². The summed E-state index contributed by atoms with van der Waals surface area (Å²) in [6, 6.07) is 82.9. The van der Waals surface area contributed by atoms with Gasteiger partial charge < -0.3 is 9.47 Å². The first-order valence-electron chi connectivity index (χ1n) is 22.5. The van der Waals surface area contributed by atoms with Crippen molar-refractivity contribution in [1.29, 1.82) is 0 Å². The van der Waals surface area contributed by atoms with Crippen LogP contribution in [0.5, 0.6) is 0 Å². The van der Waals surface area contributed by atoms with Gasteiger partial charge in [0, 0.05) is 33.5 Å². The van der Waals surface area contributed by atoms with Crippen LogP contribution in [0.25, 0.3) is 55.3 Å². The highest BCUT2D eigenvalue weighted by Crippen LogP contribution is 2.57. The molecule has 0 aliphatic heterocycles. The van der Waals surface area contributed by atoms with Gasteiger partial charge in [0.2, 0.25) is 0 Å². The molecule has 0 radical (unpaired) electrons. The molecule has 10 aromatic rings. The number of anilines is 3. The van der Waals surface area contributed by atoms with Crippen molar-refractivity contribution in [2.24, 2.45) is 5.92 Å². The van der Waals surface area contributed by atoms with Crippen LogP contribution in [-0.4, -0.2) is 4.57 Å². The van der Waals surface area contributed by atoms with Crippen LogP contribution >= 0.6 is 0 Å². The van der Waals surface area contributed by atoms with Gasteiger partial charge in [0.05, 0.1) is 16.4 Å². The molecule has 0 saturated heterocycles. The number of para-hydroxylation sites is 2. The molecule has 2 aliphatic carbocycles. The van der Waals surface area contributed by atoms with Crippen molar-refractivity contribution in [1.82, 2.24) is 4.57 Å². The van der Waals surface area contributed by atoms with Gasteiger partial charge in [0.15, 0.2) is 0 Å². The molecule has 0 spiro atoms. The van der Waals surface area contributed by atoms with Crippen molar-refractivity contribution in [3.8, 4) is 27.9 Å². The summed E-state index contributed by atoms with van der Waals surface area (Å²) in [5, 5.41) is 2.50. The fraction of sp³-hybridized carbons (Fsp3) is 0.0645. The Morgan fingerprint density at radius 1 is 0.453 bits per heavy atom. The normalized spacial score (nSPS) is 14.9. The van der Waals surface area contributed by atoms with Gasteiger partial charge >= 0.3 is 0 Å². The second-order valence-electron chi connectivity index (χ2n) is 17.3. The van der Waals surface area contributed by atoms with Crippen LogP contribution in [0.3, 0.4) is 0 Å². The van der Waals surface area contributed by atoms with Crippen LogP contribution in [0, 0.1) is 5.92 Å². The minimum absolute atomic E-state index is 0.497. The molecule has 2 nitrogen and oxygen atoms in total. The summed E-state index contributed by atoms with van der Waals surface area (Å²) in [4.78, 5) is 2.43. The predicted molar refractivity (Wildman–Crippen MR) is 269 cm³/mol. The van der Waals surface area contributed by atoms with E-state index in [2.05, 4.69) is 259 Å². The molecule has 0 N–H and O–H groups in total. The summed E-state index contributed by atoms with van der Waals surface area (Å²) in [6.07, 6.45) is 8.06.